The number of carbonyl (C=O) groups is 1. The Bertz CT molecular complexity index is 357. The van der Waals surface area contributed by atoms with Gasteiger partial charge in [0.2, 0.25) is 5.91 Å². The Hall–Kier alpha value is -1.07. The van der Waals surface area contributed by atoms with Crippen molar-refractivity contribution in [1.29, 1.82) is 0 Å². The summed E-state index contributed by atoms with van der Waals surface area (Å²) in [4.78, 5) is 11.5. The van der Waals surface area contributed by atoms with Gasteiger partial charge in [0.15, 0.2) is 0 Å². The Morgan fingerprint density at radius 1 is 1.28 bits per heavy atom. The van der Waals surface area contributed by atoms with E-state index in [4.69, 9.17) is 5.11 Å². The first-order valence-corrected chi connectivity index (χ1v) is 7.07. The average Bonchev–Trinajstić information content (AvgIpc) is 2.36. The van der Waals surface area contributed by atoms with E-state index in [1.54, 1.807) is 23.9 Å². The molecule has 0 spiro atoms. The number of rotatable bonds is 8. The lowest BCUT2D eigenvalue weighted by molar-refractivity contribution is -0.120. The fraction of sp³-hybridized carbons (Fsp3) is 0.462. The predicted octanol–water partition coefficient (Wildman–Crippen LogP) is 1.60. The maximum absolute atomic E-state index is 12.7. The number of nitrogens with one attached hydrogen (secondary N) is 1. The molecule has 0 aliphatic heterocycles. The molecule has 0 aliphatic rings. The van der Waals surface area contributed by atoms with E-state index in [0.717, 1.165) is 23.5 Å². The number of hydrogen-bond donors (Lipinski definition) is 2. The minimum atomic E-state index is -0.292. The van der Waals surface area contributed by atoms with E-state index in [2.05, 4.69) is 5.32 Å². The average molecular weight is 271 g/mol. The number of carbonyl (C=O) groups excluding carboxylic acids is 1. The molecule has 1 aromatic carbocycles. The summed E-state index contributed by atoms with van der Waals surface area (Å²) < 4.78 is 12.7. The summed E-state index contributed by atoms with van der Waals surface area (Å²) in [6.45, 7) is 0.833. The molecule has 5 heteroatoms. The van der Waals surface area contributed by atoms with Gasteiger partial charge in [0.25, 0.3) is 0 Å². The molecule has 0 saturated heterocycles. The van der Waals surface area contributed by atoms with Crippen molar-refractivity contribution in [2.24, 2.45) is 0 Å². The third-order valence-corrected chi connectivity index (χ3v) is 3.36. The van der Waals surface area contributed by atoms with Crippen LogP contribution in [0.1, 0.15) is 12.0 Å². The van der Waals surface area contributed by atoms with Crippen LogP contribution in [0.25, 0.3) is 0 Å². The van der Waals surface area contributed by atoms with Gasteiger partial charge in [0, 0.05) is 18.9 Å². The van der Waals surface area contributed by atoms with Crippen molar-refractivity contribution in [3.05, 3.63) is 35.6 Å². The molecule has 0 unspecified atom stereocenters. The smallest absolute Gasteiger partial charge is 0.224 e. The Balaban J connectivity index is 2.12. The highest BCUT2D eigenvalue weighted by atomic mass is 32.2. The van der Waals surface area contributed by atoms with E-state index in [0.29, 0.717) is 6.54 Å². The summed E-state index contributed by atoms with van der Waals surface area (Å²) in [6.07, 6.45) is 1.07. The molecule has 0 fully saturated rings. The van der Waals surface area contributed by atoms with Gasteiger partial charge in [-0.2, -0.15) is 11.8 Å². The van der Waals surface area contributed by atoms with Crippen LogP contribution >= 0.6 is 11.8 Å². The molecule has 100 valence electrons. The molecule has 0 heterocycles. The molecule has 2 N–H and O–H groups in total. The number of amides is 1. The van der Waals surface area contributed by atoms with Crippen LogP contribution in [0.15, 0.2) is 24.3 Å². The van der Waals surface area contributed by atoms with Crippen molar-refractivity contribution in [1.82, 2.24) is 5.32 Å². The Morgan fingerprint density at radius 3 is 2.67 bits per heavy atom. The zero-order valence-electron chi connectivity index (χ0n) is 10.2. The third-order valence-electron chi connectivity index (χ3n) is 2.29. The van der Waals surface area contributed by atoms with E-state index >= 15 is 0 Å². The highest BCUT2D eigenvalue weighted by Crippen LogP contribution is 2.04. The lowest BCUT2D eigenvalue weighted by Crippen LogP contribution is -2.27. The van der Waals surface area contributed by atoms with E-state index in [-0.39, 0.29) is 24.8 Å². The zero-order chi connectivity index (χ0) is 13.2. The van der Waals surface area contributed by atoms with Gasteiger partial charge in [0.05, 0.1) is 6.42 Å². The first-order valence-electron chi connectivity index (χ1n) is 5.92. The summed E-state index contributed by atoms with van der Waals surface area (Å²) in [5.74, 6) is 1.41. The SMILES string of the molecule is O=C(Cc1ccc(F)cc1)NCCSCCCO. The molecule has 18 heavy (non-hydrogen) atoms. The largest absolute Gasteiger partial charge is 0.396 e. The monoisotopic (exact) mass is 271 g/mol. The molecule has 0 aliphatic carbocycles. The van der Waals surface area contributed by atoms with Gasteiger partial charge in [-0.1, -0.05) is 12.1 Å². The molecule has 0 bridgehead atoms. The van der Waals surface area contributed by atoms with Gasteiger partial charge in [-0.05, 0) is 29.9 Å². The molecule has 1 amide bonds. The first kappa shape index (κ1) is 15.0. The van der Waals surface area contributed by atoms with Crippen molar-refractivity contribution in [2.45, 2.75) is 12.8 Å². The predicted molar refractivity (Wildman–Crippen MR) is 72.1 cm³/mol. The van der Waals surface area contributed by atoms with Gasteiger partial charge in [-0.25, -0.2) is 4.39 Å². The van der Waals surface area contributed by atoms with Gasteiger partial charge in [-0.15, -0.1) is 0 Å². The van der Waals surface area contributed by atoms with E-state index in [9.17, 15) is 9.18 Å². The molecule has 0 aromatic heterocycles. The van der Waals surface area contributed by atoms with Crippen LogP contribution in [0.4, 0.5) is 4.39 Å². The molecule has 1 rings (SSSR count). The summed E-state index contributed by atoms with van der Waals surface area (Å²) in [7, 11) is 0. The molecule has 0 atom stereocenters. The van der Waals surface area contributed by atoms with E-state index < -0.39 is 0 Å². The van der Waals surface area contributed by atoms with Gasteiger partial charge in [0.1, 0.15) is 5.82 Å². The Morgan fingerprint density at radius 2 is 2.00 bits per heavy atom. The third kappa shape index (κ3) is 6.61. The van der Waals surface area contributed by atoms with Gasteiger partial charge < -0.3 is 10.4 Å². The molecule has 1 aromatic rings. The number of aliphatic hydroxyl groups excluding tert-OH is 1. The second-order valence-corrected chi connectivity index (χ2v) is 5.07. The van der Waals surface area contributed by atoms with Crippen molar-refractivity contribution in [2.75, 3.05) is 24.7 Å². The molecular formula is C13H18FNO2S. The van der Waals surface area contributed by atoms with Crippen LogP contribution in [0.5, 0.6) is 0 Å². The molecule has 3 nitrogen and oxygen atoms in total. The van der Waals surface area contributed by atoms with E-state index in [1.807, 2.05) is 0 Å². The fourth-order valence-electron chi connectivity index (χ4n) is 1.38. The van der Waals surface area contributed by atoms with Crippen LogP contribution in [0.2, 0.25) is 0 Å². The van der Waals surface area contributed by atoms with Crippen LogP contribution in [-0.2, 0) is 11.2 Å². The van der Waals surface area contributed by atoms with Crippen LogP contribution in [-0.4, -0.2) is 35.7 Å². The zero-order valence-corrected chi connectivity index (χ0v) is 11.0. The minimum Gasteiger partial charge on any atom is -0.396 e. The van der Waals surface area contributed by atoms with Crippen molar-refractivity contribution >= 4 is 17.7 Å². The maximum atomic E-state index is 12.7. The van der Waals surface area contributed by atoms with E-state index in [1.165, 1.54) is 12.1 Å². The summed E-state index contributed by atoms with van der Waals surface area (Å²) >= 11 is 1.70. The van der Waals surface area contributed by atoms with Crippen LogP contribution in [0, 0.1) is 5.82 Å². The van der Waals surface area contributed by atoms with Crippen LogP contribution in [0.3, 0.4) is 0 Å². The second-order valence-electron chi connectivity index (χ2n) is 3.84. The Labute approximate surface area is 111 Å². The van der Waals surface area contributed by atoms with Crippen molar-refractivity contribution in [3.63, 3.8) is 0 Å². The normalized spacial score (nSPS) is 10.3. The first-order chi connectivity index (χ1) is 8.72. The standard InChI is InChI=1S/C13H18FNO2S/c14-12-4-2-11(3-5-12)10-13(17)15-6-9-18-8-1-7-16/h2-5,16H,1,6-10H2,(H,15,17). The van der Waals surface area contributed by atoms with Crippen LogP contribution < -0.4 is 5.32 Å². The number of benzene rings is 1. The second kappa shape index (κ2) is 8.94. The van der Waals surface area contributed by atoms with Gasteiger partial charge in [-0.3, -0.25) is 4.79 Å². The topological polar surface area (TPSA) is 49.3 Å². The summed E-state index contributed by atoms with van der Waals surface area (Å²) in [5.41, 5.74) is 0.807. The van der Waals surface area contributed by atoms with Crippen molar-refractivity contribution < 1.29 is 14.3 Å². The van der Waals surface area contributed by atoms with Gasteiger partial charge >= 0.3 is 0 Å². The number of halogens is 1. The fourth-order valence-corrected chi connectivity index (χ4v) is 2.17. The quantitative estimate of drug-likeness (QED) is 0.706. The molecule has 0 saturated carbocycles. The highest BCUT2D eigenvalue weighted by molar-refractivity contribution is 7.99. The Kier molecular flexibility index (Phi) is 7.44. The number of thioether (sulfide) groups is 1. The summed E-state index contributed by atoms with van der Waals surface area (Å²) in [5, 5.41) is 11.4. The molecular weight excluding hydrogens is 253 g/mol. The lowest BCUT2D eigenvalue weighted by atomic mass is 10.1. The van der Waals surface area contributed by atoms with Crippen molar-refractivity contribution in [3.8, 4) is 0 Å². The minimum absolute atomic E-state index is 0.0515. The summed E-state index contributed by atoms with van der Waals surface area (Å²) in [6, 6.07) is 5.94. The number of hydrogen-bond acceptors (Lipinski definition) is 3. The number of aliphatic hydroxyl groups is 1. The highest BCUT2D eigenvalue weighted by Gasteiger charge is 2.02. The lowest BCUT2D eigenvalue weighted by Gasteiger charge is -2.05. The maximum Gasteiger partial charge on any atom is 0.224 e. The molecule has 0 radical (unpaired) electrons.